The van der Waals surface area contributed by atoms with E-state index in [0.717, 1.165) is 31.6 Å². The Hall–Kier alpha value is -1.55. The minimum Gasteiger partial charge on any atom is -0.399 e. The number of nitrogens with zero attached hydrogens (tertiary/aromatic N) is 1. The maximum Gasteiger partial charge on any atom is 0.330 e. The molecule has 0 bridgehead atoms. The smallest absolute Gasteiger partial charge is 0.330 e. The van der Waals surface area contributed by atoms with Crippen LogP contribution in [0.2, 0.25) is 0 Å². The lowest BCUT2D eigenvalue weighted by molar-refractivity contribution is -0.206. The summed E-state index contributed by atoms with van der Waals surface area (Å²) in [6, 6.07) is 8.11. The Labute approximate surface area is 127 Å². The van der Waals surface area contributed by atoms with Gasteiger partial charge in [0.25, 0.3) is 0 Å². The van der Waals surface area contributed by atoms with Crippen molar-refractivity contribution in [1.29, 1.82) is 0 Å². The fourth-order valence-electron chi connectivity index (χ4n) is 2.50. The van der Waals surface area contributed by atoms with Crippen LogP contribution >= 0.6 is 0 Å². The minimum atomic E-state index is -0.461. The second-order valence-electron chi connectivity index (χ2n) is 7.24. The third kappa shape index (κ3) is 3.76. The van der Waals surface area contributed by atoms with Gasteiger partial charge in [0.05, 0.1) is 5.41 Å². The topological polar surface area (TPSA) is 55.6 Å². The largest absolute Gasteiger partial charge is 0.399 e. The summed E-state index contributed by atoms with van der Waals surface area (Å²) in [5.41, 5.74) is 7.51. The number of carbonyl (C=O) groups is 1. The molecule has 0 unspecified atom stereocenters. The lowest BCUT2D eigenvalue weighted by atomic mass is 9.75. The molecule has 0 atom stereocenters. The first-order chi connectivity index (χ1) is 9.71. The van der Waals surface area contributed by atoms with Gasteiger partial charge in [-0.3, -0.25) is 0 Å². The predicted molar refractivity (Wildman–Crippen MR) is 84.6 cm³/mol. The Balaban J connectivity index is 1.96. The molecule has 1 aliphatic heterocycles. The van der Waals surface area contributed by atoms with E-state index in [1.807, 2.05) is 32.9 Å². The first-order valence-corrected chi connectivity index (χ1v) is 7.54. The Morgan fingerprint density at radius 2 is 1.71 bits per heavy atom. The van der Waals surface area contributed by atoms with Crippen LogP contribution in [0.3, 0.4) is 0 Å². The number of hydrogen-bond donors (Lipinski definition) is 1. The van der Waals surface area contributed by atoms with Gasteiger partial charge in [-0.2, -0.15) is 0 Å². The maximum absolute atomic E-state index is 11.9. The Kier molecular flexibility index (Phi) is 4.28. The molecule has 1 aromatic carbocycles. The normalized spacial score (nSPS) is 19.2. The molecule has 0 aliphatic carbocycles. The molecule has 4 nitrogen and oxygen atoms in total. The van der Waals surface area contributed by atoms with Gasteiger partial charge < -0.3 is 10.6 Å². The SMILES string of the molecule is CC(C)(C)C(=O)ON1CCC(C)(c2ccc(N)cc2)CC1. The summed E-state index contributed by atoms with van der Waals surface area (Å²) in [4.78, 5) is 17.4. The van der Waals surface area contributed by atoms with E-state index in [9.17, 15) is 4.79 Å². The standard InChI is InChI=1S/C17H26N2O2/c1-16(2,3)15(20)21-19-11-9-17(4,10-12-19)13-5-7-14(18)8-6-13/h5-8H,9-12,18H2,1-4H3. The summed E-state index contributed by atoms with van der Waals surface area (Å²) in [7, 11) is 0. The van der Waals surface area contributed by atoms with E-state index in [1.165, 1.54) is 5.56 Å². The van der Waals surface area contributed by atoms with Gasteiger partial charge in [0.1, 0.15) is 0 Å². The van der Waals surface area contributed by atoms with Crippen LogP contribution in [0.1, 0.15) is 46.1 Å². The third-order valence-electron chi connectivity index (χ3n) is 4.26. The van der Waals surface area contributed by atoms with E-state index < -0.39 is 5.41 Å². The molecule has 1 heterocycles. The average molecular weight is 290 g/mol. The first kappa shape index (κ1) is 15.8. The van der Waals surface area contributed by atoms with Crippen LogP contribution in [0.25, 0.3) is 0 Å². The zero-order chi connectivity index (χ0) is 15.7. The number of benzene rings is 1. The number of hydroxylamine groups is 2. The van der Waals surface area contributed by atoms with Crippen molar-refractivity contribution in [3.05, 3.63) is 29.8 Å². The molecule has 0 amide bonds. The molecule has 1 saturated heterocycles. The maximum atomic E-state index is 11.9. The lowest BCUT2D eigenvalue weighted by Gasteiger charge is -2.39. The average Bonchev–Trinajstić information content (AvgIpc) is 2.41. The molecule has 0 radical (unpaired) electrons. The van der Waals surface area contributed by atoms with Crippen molar-refractivity contribution >= 4 is 11.7 Å². The molecule has 1 aliphatic rings. The summed E-state index contributed by atoms with van der Waals surface area (Å²) in [6.07, 6.45) is 1.93. The number of nitrogen functional groups attached to an aromatic ring is 1. The quantitative estimate of drug-likeness (QED) is 0.850. The molecule has 4 heteroatoms. The van der Waals surface area contributed by atoms with Crippen molar-refractivity contribution in [2.75, 3.05) is 18.8 Å². The van der Waals surface area contributed by atoms with Gasteiger partial charge in [0, 0.05) is 18.8 Å². The molecular weight excluding hydrogens is 264 g/mol. The number of hydrogen-bond acceptors (Lipinski definition) is 4. The summed E-state index contributed by atoms with van der Waals surface area (Å²) in [5, 5.41) is 1.80. The summed E-state index contributed by atoms with van der Waals surface area (Å²) < 4.78 is 0. The zero-order valence-electron chi connectivity index (χ0n) is 13.5. The fourth-order valence-corrected chi connectivity index (χ4v) is 2.50. The van der Waals surface area contributed by atoms with E-state index in [2.05, 4.69) is 19.1 Å². The number of carbonyl (C=O) groups excluding carboxylic acids is 1. The molecule has 0 spiro atoms. The monoisotopic (exact) mass is 290 g/mol. The number of piperidine rings is 1. The highest BCUT2D eigenvalue weighted by atomic mass is 16.7. The number of rotatable bonds is 2. The molecule has 1 fully saturated rings. The van der Waals surface area contributed by atoms with Crippen molar-refractivity contribution in [3.63, 3.8) is 0 Å². The van der Waals surface area contributed by atoms with Crippen molar-refractivity contribution < 1.29 is 9.63 Å². The molecule has 1 aromatic rings. The number of nitrogens with two attached hydrogens (primary N) is 1. The van der Waals surface area contributed by atoms with Crippen molar-refractivity contribution in [1.82, 2.24) is 5.06 Å². The summed E-state index contributed by atoms with van der Waals surface area (Å²) >= 11 is 0. The molecule has 0 aromatic heterocycles. The van der Waals surface area contributed by atoms with Gasteiger partial charge in [-0.1, -0.05) is 19.1 Å². The Morgan fingerprint density at radius 3 is 2.19 bits per heavy atom. The van der Waals surface area contributed by atoms with Gasteiger partial charge in [0.15, 0.2) is 0 Å². The van der Waals surface area contributed by atoms with E-state index in [4.69, 9.17) is 10.6 Å². The van der Waals surface area contributed by atoms with Crippen LogP contribution in [0.5, 0.6) is 0 Å². The van der Waals surface area contributed by atoms with Crippen LogP contribution < -0.4 is 5.73 Å². The van der Waals surface area contributed by atoms with Crippen molar-refractivity contribution in [3.8, 4) is 0 Å². The Bertz CT molecular complexity index is 495. The van der Waals surface area contributed by atoms with E-state index in [0.29, 0.717) is 0 Å². The van der Waals surface area contributed by atoms with Gasteiger partial charge in [-0.05, 0) is 56.7 Å². The van der Waals surface area contributed by atoms with Crippen molar-refractivity contribution in [2.24, 2.45) is 5.41 Å². The third-order valence-corrected chi connectivity index (χ3v) is 4.26. The van der Waals surface area contributed by atoms with Gasteiger partial charge in [-0.25, -0.2) is 4.79 Å². The Morgan fingerprint density at radius 1 is 1.19 bits per heavy atom. The second-order valence-corrected chi connectivity index (χ2v) is 7.24. The van der Waals surface area contributed by atoms with Crippen LogP contribution in [0, 0.1) is 5.41 Å². The van der Waals surface area contributed by atoms with E-state index in [-0.39, 0.29) is 11.4 Å². The molecule has 0 saturated carbocycles. The molecule has 2 rings (SSSR count). The van der Waals surface area contributed by atoms with E-state index >= 15 is 0 Å². The predicted octanol–water partition coefficient (Wildman–Crippen LogP) is 3.13. The molecular formula is C17H26N2O2. The minimum absolute atomic E-state index is 0.123. The molecule has 2 N–H and O–H groups in total. The highest BCUT2D eigenvalue weighted by Gasteiger charge is 2.34. The van der Waals surface area contributed by atoms with Crippen LogP contribution in [-0.2, 0) is 15.0 Å². The van der Waals surface area contributed by atoms with Gasteiger partial charge in [0.2, 0.25) is 0 Å². The van der Waals surface area contributed by atoms with Crippen molar-refractivity contribution in [2.45, 2.75) is 46.0 Å². The zero-order valence-corrected chi connectivity index (χ0v) is 13.5. The van der Waals surface area contributed by atoms with Crippen LogP contribution in [-0.4, -0.2) is 24.1 Å². The second kappa shape index (κ2) is 5.68. The molecule has 116 valence electrons. The van der Waals surface area contributed by atoms with Crippen LogP contribution in [0.15, 0.2) is 24.3 Å². The van der Waals surface area contributed by atoms with Crippen LogP contribution in [0.4, 0.5) is 5.69 Å². The fraction of sp³-hybridized carbons (Fsp3) is 0.588. The van der Waals surface area contributed by atoms with E-state index in [1.54, 1.807) is 5.06 Å². The highest BCUT2D eigenvalue weighted by Crippen LogP contribution is 2.35. The highest BCUT2D eigenvalue weighted by molar-refractivity contribution is 5.75. The summed E-state index contributed by atoms with van der Waals surface area (Å²) in [5.74, 6) is -0.168. The van der Waals surface area contributed by atoms with Gasteiger partial charge >= 0.3 is 5.97 Å². The first-order valence-electron chi connectivity index (χ1n) is 7.54. The lowest BCUT2D eigenvalue weighted by Crippen LogP contribution is -2.43. The van der Waals surface area contributed by atoms with Gasteiger partial charge in [-0.15, -0.1) is 5.06 Å². The summed E-state index contributed by atoms with van der Waals surface area (Å²) in [6.45, 7) is 9.42. The molecule has 21 heavy (non-hydrogen) atoms. The number of anilines is 1.